The minimum absolute atomic E-state index is 0. The Kier molecular flexibility index (Phi) is 16.8. The average molecular weight is 918 g/mol. The molecule has 356 valence electrons. The van der Waals surface area contributed by atoms with Gasteiger partial charge in [-0.3, -0.25) is 30.5 Å². The van der Waals surface area contributed by atoms with Crippen LogP contribution in [0.3, 0.4) is 0 Å². The molecule has 0 unspecified atom stereocenters. The summed E-state index contributed by atoms with van der Waals surface area (Å²) in [6.07, 6.45) is 13.8. The molecule has 68 heavy (non-hydrogen) atoms. The lowest BCUT2D eigenvalue weighted by atomic mass is 9.93. The fourth-order valence-corrected chi connectivity index (χ4v) is 7.88. The molecule has 0 atom stereocenters. The molecule has 11 rings (SSSR count). The van der Waals surface area contributed by atoms with Crippen LogP contribution in [-0.4, -0.2) is 80.9 Å². The van der Waals surface area contributed by atoms with Gasteiger partial charge in [0.25, 0.3) is 0 Å². The van der Waals surface area contributed by atoms with Crippen molar-refractivity contribution in [1.29, 1.82) is 0 Å². The Bertz CT molecular complexity index is 2960. The lowest BCUT2D eigenvalue weighted by molar-refractivity contribution is 0.668. The number of aromatic amines is 5. The van der Waals surface area contributed by atoms with Gasteiger partial charge in [0.05, 0.1) is 22.1 Å². The second-order valence-electron chi connectivity index (χ2n) is 17.9. The Labute approximate surface area is 398 Å². The summed E-state index contributed by atoms with van der Waals surface area (Å²) >= 11 is 0. The molecule has 17 heteroatoms. The van der Waals surface area contributed by atoms with E-state index in [2.05, 4.69) is 142 Å². The maximum Gasteiger partial charge on any atom is 0.184 e. The summed E-state index contributed by atoms with van der Waals surface area (Å²) in [5, 5.41) is 43.8. The summed E-state index contributed by atoms with van der Waals surface area (Å²) in [5.74, 6) is 4.30. The Morgan fingerprint density at radius 2 is 1.19 bits per heavy atom. The lowest BCUT2D eigenvalue weighted by Crippen LogP contribution is -2.03. The quantitative estimate of drug-likeness (QED) is 0.0914. The van der Waals surface area contributed by atoms with Crippen LogP contribution in [0.15, 0.2) is 73.6 Å². The third kappa shape index (κ3) is 11.7. The number of hydrogen-bond acceptors (Lipinski definition) is 12. The first-order valence-electron chi connectivity index (χ1n) is 23.1. The number of nitrogens with zero attached hydrogens (tertiary/aromatic N) is 11. The first-order valence-corrected chi connectivity index (χ1v) is 23.1. The molecule has 17 nitrogen and oxygen atoms in total. The smallest absolute Gasteiger partial charge is 0.184 e. The van der Waals surface area contributed by atoms with Gasteiger partial charge in [0.2, 0.25) is 0 Å². The first-order chi connectivity index (χ1) is 32.3. The van der Waals surface area contributed by atoms with E-state index in [0.717, 1.165) is 89.7 Å². The first kappa shape index (κ1) is 50.0. The number of pyridine rings is 2. The summed E-state index contributed by atoms with van der Waals surface area (Å²) in [5.41, 5.74) is 13.2. The number of H-pyrrole nitrogens is 5. The molecule has 0 spiro atoms. The SMILES string of the molecule is C.CC(C)c1[nH]nc2ccncc12.CC(C)c1[nH]nc2ncccc12.CC(C)c1[nH]nc2ncncc12.CC(C)c1n[nH]c2c1CCCC2.Cc1nc(C)c(C)c(Nc2n[nH]c3ccccc23)n1. The van der Waals surface area contributed by atoms with Crippen molar-refractivity contribution in [3.63, 3.8) is 0 Å². The topological polar surface area (TPSA) is 233 Å². The van der Waals surface area contributed by atoms with Crippen LogP contribution >= 0.6 is 0 Å². The van der Waals surface area contributed by atoms with Crippen molar-refractivity contribution in [3.8, 4) is 0 Å². The number of benzene rings is 1. The fraction of sp³-hybridized carbons (Fsp3) is 0.392. The van der Waals surface area contributed by atoms with Crippen LogP contribution in [0, 0.1) is 20.8 Å². The van der Waals surface area contributed by atoms with E-state index in [9.17, 15) is 0 Å². The highest BCUT2D eigenvalue weighted by atomic mass is 15.2. The predicted octanol–water partition coefficient (Wildman–Crippen LogP) is 11.7. The van der Waals surface area contributed by atoms with E-state index in [1.807, 2.05) is 69.4 Å². The summed E-state index contributed by atoms with van der Waals surface area (Å²) in [4.78, 5) is 25.0. The molecule has 9 heterocycles. The van der Waals surface area contributed by atoms with Crippen molar-refractivity contribution in [3.05, 3.63) is 125 Å². The maximum atomic E-state index is 4.44. The lowest BCUT2D eigenvalue weighted by Gasteiger charge is -2.12. The molecule has 1 aliphatic rings. The third-order valence-electron chi connectivity index (χ3n) is 11.6. The van der Waals surface area contributed by atoms with Gasteiger partial charge >= 0.3 is 0 Å². The van der Waals surface area contributed by atoms with Crippen molar-refractivity contribution in [2.45, 2.75) is 133 Å². The summed E-state index contributed by atoms with van der Waals surface area (Å²) in [7, 11) is 0. The van der Waals surface area contributed by atoms with E-state index in [1.54, 1.807) is 18.6 Å². The molecule has 0 bridgehead atoms. The molecular formula is C51H67N17. The van der Waals surface area contributed by atoms with E-state index < -0.39 is 0 Å². The Morgan fingerprint density at radius 3 is 1.93 bits per heavy atom. The summed E-state index contributed by atoms with van der Waals surface area (Å²) in [6.45, 7) is 23.1. The Hall–Kier alpha value is -7.43. The van der Waals surface area contributed by atoms with Crippen LogP contribution in [0.5, 0.6) is 0 Å². The van der Waals surface area contributed by atoms with Crippen LogP contribution in [0.2, 0.25) is 0 Å². The fourth-order valence-electron chi connectivity index (χ4n) is 7.88. The minimum Gasteiger partial charge on any atom is -0.323 e. The number of aromatic nitrogens is 16. The average Bonchev–Trinajstić information content (AvgIpc) is 4.18. The van der Waals surface area contributed by atoms with Crippen LogP contribution < -0.4 is 5.32 Å². The standard InChI is InChI=1S/C14H15N5.C10H16N2.2C9H11N3.C8H10N4.CH4/c1-8-9(2)15-10(3)16-13(8)17-14-11-6-4-5-7-12(11)18-19-14;1-7(2)10-8-5-3-4-6-9(8)11-12-10;1-6(2)9-7-5-10-4-3-8(7)11-12-9;1-6(2)8-7-4-3-5-10-9(7)12-11-8;1-5(2)7-6-3-9-4-10-8(6)12-11-7;/h4-7H,1-3H3,(H2,15,16,17,18,19);7H,3-6H2,1-2H3,(H,11,12);3-6H,1-2H3,(H,11,12);3-6H,1-2H3,(H,10,11,12);3-5H,1-2H3,(H,9,10,11,12);1H4. The van der Waals surface area contributed by atoms with Gasteiger partial charge in [0.15, 0.2) is 17.1 Å². The third-order valence-corrected chi connectivity index (χ3v) is 11.6. The zero-order chi connectivity index (χ0) is 47.6. The molecule has 1 aromatic carbocycles. The van der Waals surface area contributed by atoms with Crippen molar-refractivity contribution >= 4 is 55.5 Å². The van der Waals surface area contributed by atoms with Crippen molar-refractivity contribution in [2.75, 3.05) is 5.32 Å². The van der Waals surface area contributed by atoms with E-state index in [1.165, 1.54) is 49.0 Å². The molecule has 6 N–H and O–H groups in total. The van der Waals surface area contributed by atoms with E-state index in [4.69, 9.17) is 0 Å². The van der Waals surface area contributed by atoms with Crippen LogP contribution in [0.1, 0.15) is 150 Å². The summed E-state index contributed by atoms with van der Waals surface area (Å²) in [6, 6.07) is 13.9. The molecule has 10 aromatic rings. The number of para-hydroxylation sites is 1. The number of fused-ring (bicyclic) bond motifs is 5. The Morgan fingerprint density at radius 1 is 0.544 bits per heavy atom. The van der Waals surface area contributed by atoms with Gasteiger partial charge < -0.3 is 5.32 Å². The zero-order valence-electron chi connectivity index (χ0n) is 40.5. The van der Waals surface area contributed by atoms with E-state index >= 15 is 0 Å². The van der Waals surface area contributed by atoms with E-state index in [-0.39, 0.29) is 7.43 Å². The molecule has 0 saturated carbocycles. The zero-order valence-corrected chi connectivity index (χ0v) is 40.5. The predicted molar refractivity (Wildman–Crippen MR) is 273 cm³/mol. The van der Waals surface area contributed by atoms with Gasteiger partial charge in [-0.25, -0.2) is 24.9 Å². The molecule has 1 aliphatic carbocycles. The molecule has 0 saturated heterocycles. The normalized spacial score (nSPS) is 11.9. The van der Waals surface area contributed by atoms with Crippen molar-refractivity contribution < 1.29 is 0 Å². The largest absolute Gasteiger partial charge is 0.323 e. The van der Waals surface area contributed by atoms with Crippen molar-refractivity contribution in [2.24, 2.45) is 0 Å². The number of nitrogens with one attached hydrogen (secondary N) is 6. The van der Waals surface area contributed by atoms with Gasteiger partial charge in [-0.1, -0.05) is 74.9 Å². The monoisotopic (exact) mass is 918 g/mol. The highest BCUT2D eigenvalue weighted by Crippen LogP contribution is 2.28. The van der Waals surface area contributed by atoms with Crippen LogP contribution in [0.25, 0.3) is 43.9 Å². The van der Waals surface area contributed by atoms with Gasteiger partial charge in [0, 0.05) is 75.0 Å². The molecule has 0 fully saturated rings. The second kappa shape index (κ2) is 22.8. The minimum atomic E-state index is 0. The number of hydrogen-bond donors (Lipinski definition) is 6. The second-order valence-corrected chi connectivity index (χ2v) is 17.9. The Balaban J connectivity index is 0.000000142. The summed E-state index contributed by atoms with van der Waals surface area (Å²) < 4.78 is 0. The molecule has 0 aliphatic heterocycles. The molecular weight excluding hydrogens is 851 g/mol. The highest BCUT2D eigenvalue weighted by molar-refractivity contribution is 5.91. The molecule has 9 aromatic heterocycles. The van der Waals surface area contributed by atoms with Gasteiger partial charge in [-0.2, -0.15) is 25.5 Å². The van der Waals surface area contributed by atoms with Gasteiger partial charge in [-0.15, -0.1) is 0 Å². The van der Waals surface area contributed by atoms with E-state index in [0.29, 0.717) is 23.7 Å². The molecule has 0 amide bonds. The van der Waals surface area contributed by atoms with Crippen LogP contribution in [0.4, 0.5) is 11.6 Å². The van der Waals surface area contributed by atoms with Gasteiger partial charge in [-0.05, 0) is 106 Å². The molecule has 0 radical (unpaired) electrons. The number of rotatable bonds is 6. The number of anilines is 2. The van der Waals surface area contributed by atoms with Crippen LogP contribution in [-0.2, 0) is 12.8 Å². The maximum absolute atomic E-state index is 4.44. The highest BCUT2D eigenvalue weighted by Gasteiger charge is 2.18. The number of aryl methyl sites for hydroxylation is 3. The van der Waals surface area contributed by atoms with Crippen molar-refractivity contribution in [1.82, 2.24) is 80.9 Å². The van der Waals surface area contributed by atoms with Gasteiger partial charge in [0.1, 0.15) is 18.0 Å².